The average Bonchev–Trinajstić information content (AvgIpc) is 3.27. The number of hydrogen-bond donors (Lipinski definition) is 0. The van der Waals surface area contributed by atoms with E-state index in [-0.39, 0.29) is 0 Å². The third-order valence-corrected chi connectivity index (χ3v) is 7.09. The molecule has 1 aliphatic rings. The lowest BCUT2D eigenvalue weighted by atomic mass is 10.1. The quantitative estimate of drug-likeness (QED) is 0.299. The number of fused-ring (bicyclic) bond motifs is 7. The highest BCUT2D eigenvalue weighted by Crippen LogP contribution is 2.37. The molecule has 0 amide bonds. The van der Waals surface area contributed by atoms with Crippen LogP contribution in [-0.2, 0) is 20.1 Å². The third kappa shape index (κ3) is 5.14. The van der Waals surface area contributed by atoms with Crippen LogP contribution >= 0.6 is 0 Å². The Balaban J connectivity index is 1.56. The molecule has 40 heavy (non-hydrogen) atoms. The van der Waals surface area contributed by atoms with Crippen LogP contribution in [0.4, 0.5) is 5.69 Å². The molecular formula is C31H32N6O3. The summed E-state index contributed by atoms with van der Waals surface area (Å²) in [5.74, 6) is 2.04. The maximum absolute atomic E-state index is 6.18. The Bertz CT molecular complexity index is 1630. The summed E-state index contributed by atoms with van der Waals surface area (Å²) >= 11 is 0. The van der Waals surface area contributed by atoms with Crippen LogP contribution in [0.1, 0.15) is 29.7 Å². The number of nitrogens with zero attached hydrogens (tertiary/aromatic N) is 6. The molecule has 1 aliphatic heterocycles. The van der Waals surface area contributed by atoms with Crippen molar-refractivity contribution in [3.8, 4) is 28.8 Å². The maximum Gasteiger partial charge on any atom is 0.222 e. The van der Waals surface area contributed by atoms with Gasteiger partial charge < -0.3 is 19.1 Å². The van der Waals surface area contributed by atoms with Crippen molar-refractivity contribution < 1.29 is 14.2 Å². The molecule has 0 atom stereocenters. The van der Waals surface area contributed by atoms with E-state index in [0.717, 1.165) is 63.4 Å². The fourth-order valence-electron chi connectivity index (χ4n) is 5.10. The number of rotatable bonds is 3. The van der Waals surface area contributed by atoms with Crippen LogP contribution in [0.2, 0.25) is 0 Å². The molecule has 9 nitrogen and oxygen atoms in total. The van der Waals surface area contributed by atoms with Crippen LogP contribution in [-0.4, -0.2) is 45.1 Å². The number of benzene rings is 1. The summed E-state index contributed by atoms with van der Waals surface area (Å²) in [5, 5.41) is 4.75. The minimum atomic E-state index is 0.535. The highest BCUT2D eigenvalue weighted by molar-refractivity contribution is 5.93. The lowest BCUT2D eigenvalue weighted by Crippen LogP contribution is -2.24. The van der Waals surface area contributed by atoms with Gasteiger partial charge in [-0.25, -0.2) is 15.0 Å². The largest absolute Gasteiger partial charge is 0.497 e. The number of anilines is 1. The van der Waals surface area contributed by atoms with Crippen LogP contribution in [0.25, 0.3) is 22.3 Å². The number of aryl methyl sites for hydroxylation is 2. The molecule has 2 bridgehead atoms. The molecule has 0 unspecified atom stereocenters. The highest BCUT2D eigenvalue weighted by atomic mass is 16.5. The van der Waals surface area contributed by atoms with E-state index in [0.29, 0.717) is 38.1 Å². The Labute approximate surface area is 233 Å². The molecule has 9 heteroatoms. The van der Waals surface area contributed by atoms with Crippen LogP contribution in [0, 0.1) is 6.92 Å². The third-order valence-electron chi connectivity index (χ3n) is 7.09. The second-order valence-corrected chi connectivity index (χ2v) is 9.86. The second kappa shape index (κ2) is 11.2. The van der Waals surface area contributed by atoms with E-state index in [1.54, 1.807) is 19.5 Å². The summed E-state index contributed by atoms with van der Waals surface area (Å²) in [5.41, 5.74) is 7.45. The van der Waals surface area contributed by atoms with E-state index >= 15 is 0 Å². The van der Waals surface area contributed by atoms with Crippen molar-refractivity contribution in [3.05, 3.63) is 83.8 Å². The molecular weight excluding hydrogens is 504 g/mol. The summed E-state index contributed by atoms with van der Waals surface area (Å²) in [6.45, 7) is 4.30. The van der Waals surface area contributed by atoms with Gasteiger partial charge in [0, 0.05) is 38.1 Å². The molecule has 0 saturated heterocycles. The van der Waals surface area contributed by atoms with Crippen LogP contribution < -0.4 is 19.1 Å². The molecule has 6 rings (SSSR count). The zero-order valence-electron chi connectivity index (χ0n) is 23.0. The van der Waals surface area contributed by atoms with Gasteiger partial charge >= 0.3 is 0 Å². The molecule has 5 heterocycles. The van der Waals surface area contributed by atoms with Gasteiger partial charge in [-0.05, 0) is 61.7 Å². The topological polar surface area (TPSA) is 87.4 Å². The number of pyridine rings is 3. The lowest BCUT2D eigenvalue weighted by Gasteiger charge is -2.27. The van der Waals surface area contributed by atoms with Gasteiger partial charge in [0.05, 0.1) is 43.0 Å². The molecule has 4 aromatic heterocycles. The van der Waals surface area contributed by atoms with Crippen molar-refractivity contribution in [1.82, 2.24) is 24.7 Å². The monoisotopic (exact) mass is 536 g/mol. The van der Waals surface area contributed by atoms with Crippen molar-refractivity contribution in [2.45, 2.75) is 32.9 Å². The number of aromatic nitrogens is 5. The Morgan fingerprint density at radius 1 is 0.925 bits per heavy atom. The van der Waals surface area contributed by atoms with Gasteiger partial charge in [0.2, 0.25) is 11.8 Å². The lowest BCUT2D eigenvalue weighted by molar-refractivity contribution is 0.255. The van der Waals surface area contributed by atoms with E-state index in [2.05, 4.69) is 39.1 Å². The van der Waals surface area contributed by atoms with Gasteiger partial charge in [-0.15, -0.1) is 0 Å². The predicted molar refractivity (Wildman–Crippen MR) is 154 cm³/mol. The van der Waals surface area contributed by atoms with Gasteiger partial charge in [-0.3, -0.25) is 4.68 Å². The fourth-order valence-corrected chi connectivity index (χ4v) is 5.10. The van der Waals surface area contributed by atoms with Gasteiger partial charge in [-0.2, -0.15) is 5.10 Å². The first kappa shape index (κ1) is 25.6. The molecule has 5 aromatic rings. The van der Waals surface area contributed by atoms with Crippen molar-refractivity contribution in [2.24, 2.45) is 7.05 Å². The normalized spacial score (nSPS) is 13.8. The highest BCUT2D eigenvalue weighted by Gasteiger charge is 2.22. The fraction of sp³-hybridized carbons (Fsp3) is 0.290. The first-order chi connectivity index (χ1) is 19.6. The summed E-state index contributed by atoms with van der Waals surface area (Å²) in [6, 6.07) is 18.3. The summed E-state index contributed by atoms with van der Waals surface area (Å²) in [6.07, 6.45) is 5.21. The maximum atomic E-state index is 6.18. The molecule has 1 aromatic carbocycles. The summed E-state index contributed by atoms with van der Waals surface area (Å²) < 4.78 is 19.6. The minimum absolute atomic E-state index is 0.535. The van der Waals surface area contributed by atoms with Gasteiger partial charge in [-0.1, -0.05) is 18.2 Å². The van der Waals surface area contributed by atoms with E-state index in [1.807, 2.05) is 49.0 Å². The van der Waals surface area contributed by atoms with Crippen LogP contribution in [0.5, 0.6) is 17.5 Å². The van der Waals surface area contributed by atoms with E-state index in [4.69, 9.17) is 24.3 Å². The number of ether oxygens (including phenoxy) is 3. The first-order valence-corrected chi connectivity index (χ1v) is 13.5. The Morgan fingerprint density at radius 3 is 2.42 bits per heavy atom. The standard InChI is InChI=1S/C31H32N6O3/c1-21-28-29(36(2)35-21)27-18-26(34-28)25-9-7-15-33-31(25)40-17-5-4-16-39-30-23(8-6-14-32-30)20-37(27)19-22-10-12-24(38-3)13-11-22/h6-15,18H,4-5,16-17,19-20H2,1-3H3. The Morgan fingerprint density at radius 2 is 1.65 bits per heavy atom. The molecule has 0 radical (unpaired) electrons. The molecule has 0 saturated carbocycles. The Kier molecular flexibility index (Phi) is 7.18. The summed E-state index contributed by atoms with van der Waals surface area (Å²) in [7, 11) is 3.64. The predicted octanol–water partition coefficient (Wildman–Crippen LogP) is 5.50. The van der Waals surface area contributed by atoms with Crippen molar-refractivity contribution in [1.29, 1.82) is 0 Å². The zero-order valence-corrected chi connectivity index (χ0v) is 23.0. The van der Waals surface area contributed by atoms with E-state index in [1.165, 1.54) is 0 Å². The molecule has 204 valence electrons. The van der Waals surface area contributed by atoms with Gasteiger partial charge in [0.15, 0.2) is 0 Å². The smallest absolute Gasteiger partial charge is 0.222 e. The van der Waals surface area contributed by atoms with Crippen molar-refractivity contribution in [2.75, 3.05) is 25.2 Å². The van der Waals surface area contributed by atoms with E-state index < -0.39 is 0 Å². The second-order valence-electron chi connectivity index (χ2n) is 9.86. The Hall–Kier alpha value is -4.66. The molecule has 0 N–H and O–H groups in total. The van der Waals surface area contributed by atoms with Gasteiger partial charge in [0.25, 0.3) is 0 Å². The molecule has 0 fully saturated rings. The first-order valence-electron chi connectivity index (χ1n) is 13.5. The SMILES string of the molecule is COc1ccc(CN2Cc3cccnc3OCCCCOc3ncccc3-c3cc2c2c(n3)c(C)nn2C)cc1. The zero-order chi connectivity index (χ0) is 27.5. The average molecular weight is 537 g/mol. The number of methoxy groups -OCH3 is 1. The molecule has 0 spiro atoms. The number of hydrogen-bond acceptors (Lipinski definition) is 8. The van der Waals surface area contributed by atoms with Crippen LogP contribution in [0.15, 0.2) is 67.0 Å². The van der Waals surface area contributed by atoms with Crippen molar-refractivity contribution in [3.63, 3.8) is 0 Å². The molecule has 0 aliphatic carbocycles. The summed E-state index contributed by atoms with van der Waals surface area (Å²) in [4.78, 5) is 16.5. The van der Waals surface area contributed by atoms with Crippen LogP contribution in [0.3, 0.4) is 0 Å². The van der Waals surface area contributed by atoms with Gasteiger partial charge in [0.1, 0.15) is 16.8 Å². The van der Waals surface area contributed by atoms with E-state index in [9.17, 15) is 0 Å². The van der Waals surface area contributed by atoms with Crippen molar-refractivity contribution >= 4 is 16.7 Å². The minimum Gasteiger partial charge on any atom is -0.497 e.